The fraction of sp³-hybridized carbons (Fsp3) is 0.941. The van der Waals surface area contributed by atoms with Crippen molar-refractivity contribution in [3.05, 3.63) is 0 Å². The summed E-state index contributed by atoms with van der Waals surface area (Å²) in [7, 11) is -3.10. The predicted octanol–water partition coefficient (Wildman–Crippen LogP) is 2.00. The summed E-state index contributed by atoms with van der Waals surface area (Å²) in [6, 6.07) is 1.09. The van der Waals surface area contributed by atoms with E-state index >= 15 is 0 Å². The first-order valence-corrected chi connectivity index (χ1v) is 11.1. The molecule has 0 unspecified atom stereocenters. The van der Waals surface area contributed by atoms with Crippen LogP contribution in [0.5, 0.6) is 0 Å². The zero-order valence-corrected chi connectivity index (χ0v) is 20.5. The Balaban J connectivity index is 0. The first kappa shape index (κ1) is 28.1. The van der Waals surface area contributed by atoms with Crippen LogP contribution in [0.3, 0.4) is 0 Å². The fourth-order valence-electron chi connectivity index (χ4n) is 2.52. The molecule has 0 aromatic carbocycles. The van der Waals surface area contributed by atoms with Crippen molar-refractivity contribution in [1.82, 2.24) is 20.3 Å². The minimum absolute atomic E-state index is 0. The van der Waals surface area contributed by atoms with E-state index in [1.54, 1.807) is 6.92 Å². The van der Waals surface area contributed by atoms with Gasteiger partial charge in [-0.05, 0) is 54.4 Å². The van der Waals surface area contributed by atoms with Gasteiger partial charge >= 0.3 is 0 Å². The molecule has 0 aliphatic rings. The number of nitrogens with zero attached hydrogens (tertiary/aromatic N) is 2. The molecule has 158 valence electrons. The highest BCUT2D eigenvalue weighted by molar-refractivity contribution is 14.0. The number of aliphatic imine (C=N–C) groups is 1. The van der Waals surface area contributed by atoms with Crippen LogP contribution in [-0.2, 0) is 10.0 Å². The highest BCUT2D eigenvalue weighted by atomic mass is 127. The van der Waals surface area contributed by atoms with Gasteiger partial charge in [-0.15, -0.1) is 24.0 Å². The van der Waals surface area contributed by atoms with Gasteiger partial charge in [0.1, 0.15) is 0 Å². The summed E-state index contributed by atoms with van der Waals surface area (Å²) in [6.45, 7) is 16.3. The number of rotatable bonds is 13. The highest BCUT2D eigenvalue weighted by Gasteiger charge is 2.12. The molecule has 0 atom stereocenters. The van der Waals surface area contributed by atoms with Crippen LogP contribution in [0, 0.1) is 0 Å². The predicted molar refractivity (Wildman–Crippen MR) is 123 cm³/mol. The van der Waals surface area contributed by atoms with Gasteiger partial charge < -0.3 is 10.6 Å². The van der Waals surface area contributed by atoms with Gasteiger partial charge in [-0.2, -0.15) is 0 Å². The van der Waals surface area contributed by atoms with Crippen molar-refractivity contribution in [2.45, 2.75) is 66.5 Å². The number of sulfonamides is 1. The molecule has 26 heavy (non-hydrogen) atoms. The molecule has 0 aliphatic heterocycles. The van der Waals surface area contributed by atoms with Crippen LogP contribution in [0.4, 0.5) is 0 Å². The molecule has 0 aromatic heterocycles. The van der Waals surface area contributed by atoms with Crippen molar-refractivity contribution in [2.24, 2.45) is 4.99 Å². The van der Waals surface area contributed by atoms with E-state index in [2.05, 4.69) is 52.9 Å². The molecule has 0 bridgehead atoms. The highest BCUT2D eigenvalue weighted by Crippen LogP contribution is 2.05. The van der Waals surface area contributed by atoms with E-state index in [0.29, 0.717) is 25.2 Å². The van der Waals surface area contributed by atoms with Gasteiger partial charge in [0.05, 0.1) is 5.75 Å². The van der Waals surface area contributed by atoms with Crippen molar-refractivity contribution in [1.29, 1.82) is 0 Å². The first-order valence-electron chi connectivity index (χ1n) is 9.48. The molecule has 0 saturated heterocycles. The second-order valence-corrected chi connectivity index (χ2v) is 8.71. The number of hydrogen-bond acceptors (Lipinski definition) is 4. The maximum atomic E-state index is 11.4. The fourth-order valence-corrected chi connectivity index (χ4v) is 3.18. The molecular weight excluding hydrogens is 465 g/mol. The van der Waals surface area contributed by atoms with Crippen LogP contribution < -0.4 is 15.4 Å². The Bertz CT molecular complexity index is 462. The van der Waals surface area contributed by atoms with Gasteiger partial charge in [0.25, 0.3) is 0 Å². The smallest absolute Gasteiger partial charge is 0.211 e. The second-order valence-electron chi connectivity index (χ2n) is 6.62. The number of nitrogens with one attached hydrogen (secondary N) is 3. The van der Waals surface area contributed by atoms with E-state index in [1.807, 2.05) is 6.92 Å². The van der Waals surface area contributed by atoms with Crippen LogP contribution in [-0.4, -0.2) is 69.8 Å². The third-order valence-corrected chi connectivity index (χ3v) is 5.27. The van der Waals surface area contributed by atoms with Crippen LogP contribution in [0.2, 0.25) is 0 Å². The van der Waals surface area contributed by atoms with Gasteiger partial charge in [0, 0.05) is 44.8 Å². The summed E-state index contributed by atoms with van der Waals surface area (Å²) in [6.07, 6.45) is 1.74. The Morgan fingerprint density at radius 3 is 2.12 bits per heavy atom. The summed E-state index contributed by atoms with van der Waals surface area (Å²) in [5.74, 6) is 0.912. The van der Waals surface area contributed by atoms with Crippen LogP contribution in [0.1, 0.15) is 54.4 Å². The van der Waals surface area contributed by atoms with E-state index in [4.69, 9.17) is 0 Å². The molecule has 7 nitrogen and oxygen atoms in total. The maximum Gasteiger partial charge on any atom is 0.211 e. The Labute approximate surface area is 178 Å². The average molecular weight is 506 g/mol. The normalized spacial score (nSPS) is 12.6. The lowest BCUT2D eigenvalue weighted by molar-refractivity contribution is 0.174. The molecule has 0 radical (unpaired) electrons. The van der Waals surface area contributed by atoms with Crippen molar-refractivity contribution in [3.63, 3.8) is 0 Å². The van der Waals surface area contributed by atoms with Crippen molar-refractivity contribution < 1.29 is 8.42 Å². The van der Waals surface area contributed by atoms with E-state index in [1.165, 1.54) is 0 Å². The quantitative estimate of drug-likeness (QED) is 0.154. The van der Waals surface area contributed by atoms with Crippen molar-refractivity contribution in [2.75, 3.05) is 38.5 Å². The topological polar surface area (TPSA) is 85.8 Å². The largest absolute Gasteiger partial charge is 0.357 e. The maximum absolute atomic E-state index is 11.4. The van der Waals surface area contributed by atoms with Crippen molar-refractivity contribution >= 4 is 40.0 Å². The molecule has 0 aromatic rings. The minimum Gasteiger partial charge on any atom is -0.357 e. The third-order valence-electron chi connectivity index (χ3n) is 3.86. The van der Waals surface area contributed by atoms with Gasteiger partial charge in [-0.1, -0.05) is 0 Å². The molecule has 0 rings (SSSR count). The Kier molecular flexibility index (Phi) is 17.2. The van der Waals surface area contributed by atoms with Gasteiger partial charge in [0.15, 0.2) is 5.96 Å². The second kappa shape index (κ2) is 15.9. The molecule has 0 amide bonds. The van der Waals surface area contributed by atoms with Gasteiger partial charge in [-0.3, -0.25) is 9.89 Å². The zero-order chi connectivity index (χ0) is 19.3. The molecule has 9 heteroatoms. The lowest BCUT2D eigenvalue weighted by atomic mass is 10.2. The summed E-state index contributed by atoms with van der Waals surface area (Å²) in [5.41, 5.74) is 0. The van der Waals surface area contributed by atoms with Crippen LogP contribution in [0.25, 0.3) is 0 Å². The Morgan fingerprint density at radius 2 is 1.62 bits per heavy atom. The first-order chi connectivity index (χ1) is 11.7. The summed E-state index contributed by atoms with van der Waals surface area (Å²) < 4.78 is 25.3. The molecular formula is C17H40IN5O2S. The lowest BCUT2D eigenvalue weighted by Crippen LogP contribution is -2.39. The third kappa shape index (κ3) is 14.0. The standard InChI is InChI=1S/C17H39N5O2S.HI/c1-7-18-17(19-11-9-13-21-25(23,24)8-2)20-12-10-14-22(15(3)4)16(5)6;/h15-16,21H,7-14H2,1-6H3,(H2,18,19,20);1H. The van der Waals surface area contributed by atoms with Gasteiger partial charge in [0.2, 0.25) is 10.0 Å². The molecule has 0 aliphatic carbocycles. The minimum atomic E-state index is -3.10. The molecule has 0 heterocycles. The molecule has 3 N–H and O–H groups in total. The summed E-state index contributed by atoms with van der Waals surface area (Å²) >= 11 is 0. The number of guanidine groups is 1. The zero-order valence-electron chi connectivity index (χ0n) is 17.3. The average Bonchev–Trinajstić information content (AvgIpc) is 2.53. The van der Waals surface area contributed by atoms with E-state index < -0.39 is 10.0 Å². The molecule has 0 saturated carbocycles. The van der Waals surface area contributed by atoms with Crippen molar-refractivity contribution in [3.8, 4) is 0 Å². The van der Waals surface area contributed by atoms with Crippen LogP contribution >= 0.6 is 24.0 Å². The van der Waals surface area contributed by atoms with E-state index in [9.17, 15) is 8.42 Å². The van der Waals surface area contributed by atoms with Gasteiger partial charge in [-0.25, -0.2) is 13.1 Å². The van der Waals surface area contributed by atoms with Crippen LogP contribution in [0.15, 0.2) is 4.99 Å². The summed E-state index contributed by atoms with van der Waals surface area (Å²) in [5, 5.41) is 6.47. The molecule has 0 fully saturated rings. The molecule has 0 spiro atoms. The number of hydrogen-bond donors (Lipinski definition) is 3. The van der Waals surface area contributed by atoms with E-state index in [-0.39, 0.29) is 29.7 Å². The van der Waals surface area contributed by atoms with E-state index in [0.717, 1.165) is 38.4 Å². The summed E-state index contributed by atoms with van der Waals surface area (Å²) in [4.78, 5) is 7.06. The monoisotopic (exact) mass is 505 g/mol. The Morgan fingerprint density at radius 1 is 1.00 bits per heavy atom. The lowest BCUT2D eigenvalue weighted by Gasteiger charge is -2.30. The number of halogens is 1. The Hall–Kier alpha value is -0.130. The SMILES string of the molecule is CCNC(=NCCCN(C(C)C)C(C)C)NCCCNS(=O)(=O)CC.I.